The second-order valence-corrected chi connectivity index (χ2v) is 2.62. The standard InChI is InChI=1S/C9H9FN2O2/c1-6(11-12-9(13)14)7-2-4-8(10)5-3-7/h2-5,12H,1H3,(H,13,14). The van der Waals surface area contributed by atoms with Gasteiger partial charge in [-0.1, -0.05) is 12.1 Å². The van der Waals surface area contributed by atoms with E-state index < -0.39 is 6.09 Å². The van der Waals surface area contributed by atoms with Crippen LogP contribution in [-0.4, -0.2) is 16.9 Å². The predicted molar refractivity (Wildman–Crippen MR) is 49.8 cm³/mol. The van der Waals surface area contributed by atoms with Gasteiger partial charge in [0.25, 0.3) is 0 Å². The lowest BCUT2D eigenvalue weighted by atomic mass is 10.1. The number of halogens is 1. The maximum absolute atomic E-state index is 12.5. The first-order chi connectivity index (χ1) is 6.59. The number of hydrogen-bond acceptors (Lipinski definition) is 2. The van der Waals surface area contributed by atoms with Gasteiger partial charge in [0.1, 0.15) is 5.82 Å². The highest BCUT2D eigenvalue weighted by atomic mass is 19.1. The van der Waals surface area contributed by atoms with Crippen LogP contribution in [0.5, 0.6) is 0 Å². The third-order valence-electron chi connectivity index (χ3n) is 1.58. The van der Waals surface area contributed by atoms with Crippen LogP contribution in [0.1, 0.15) is 12.5 Å². The topological polar surface area (TPSA) is 61.7 Å². The van der Waals surface area contributed by atoms with E-state index in [1.165, 1.54) is 24.3 Å². The average molecular weight is 196 g/mol. The minimum absolute atomic E-state index is 0.340. The van der Waals surface area contributed by atoms with Gasteiger partial charge in [-0.05, 0) is 24.6 Å². The summed E-state index contributed by atoms with van der Waals surface area (Å²) < 4.78 is 12.5. The highest BCUT2D eigenvalue weighted by Gasteiger charge is 1.98. The summed E-state index contributed by atoms with van der Waals surface area (Å²) in [5.74, 6) is -0.340. The number of benzene rings is 1. The van der Waals surface area contributed by atoms with Crippen molar-refractivity contribution in [2.45, 2.75) is 6.92 Å². The molecule has 0 atom stereocenters. The van der Waals surface area contributed by atoms with Crippen molar-refractivity contribution in [1.82, 2.24) is 5.43 Å². The van der Waals surface area contributed by atoms with Gasteiger partial charge in [0.2, 0.25) is 0 Å². The van der Waals surface area contributed by atoms with Gasteiger partial charge in [-0.25, -0.2) is 14.6 Å². The van der Waals surface area contributed by atoms with Crippen molar-refractivity contribution in [1.29, 1.82) is 0 Å². The number of hydrogen-bond donors (Lipinski definition) is 2. The van der Waals surface area contributed by atoms with Crippen molar-refractivity contribution in [3.8, 4) is 0 Å². The van der Waals surface area contributed by atoms with Gasteiger partial charge in [0.05, 0.1) is 5.71 Å². The Balaban J connectivity index is 2.78. The Hall–Kier alpha value is -1.91. The molecule has 74 valence electrons. The molecule has 0 unspecified atom stereocenters. The SMILES string of the molecule is CC(=NNC(=O)O)c1ccc(F)cc1. The molecule has 0 aliphatic heterocycles. The van der Waals surface area contributed by atoms with E-state index in [1.807, 2.05) is 5.43 Å². The van der Waals surface area contributed by atoms with Crippen LogP contribution in [0.2, 0.25) is 0 Å². The Labute approximate surface area is 80.1 Å². The first-order valence-electron chi connectivity index (χ1n) is 3.89. The second-order valence-electron chi connectivity index (χ2n) is 2.62. The van der Waals surface area contributed by atoms with Crippen LogP contribution in [-0.2, 0) is 0 Å². The summed E-state index contributed by atoms with van der Waals surface area (Å²) in [6.07, 6.45) is -1.23. The van der Waals surface area contributed by atoms with Gasteiger partial charge in [-0.2, -0.15) is 5.10 Å². The largest absolute Gasteiger partial charge is 0.464 e. The van der Waals surface area contributed by atoms with Gasteiger partial charge >= 0.3 is 6.09 Å². The van der Waals surface area contributed by atoms with E-state index in [2.05, 4.69) is 5.10 Å². The molecule has 4 nitrogen and oxygen atoms in total. The van der Waals surface area contributed by atoms with Crippen LogP contribution >= 0.6 is 0 Å². The van der Waals surface area contributed by atoms with Crippen molar-refractivity contribution >= 4 is 11.8 Å². The minimum Gasteiger partial charge on any atom is -0.464 e. The summed E-state index contributed by atoms with van der Waals surface area (Å²) >= 11 is 0. The van der Waals surface area contributed by atoms with Crippen molar-refractivity contribution in [3.63, 3.8) is 0 Å². The van der Waals surface area contributed by atoms with Crippen molar-refractivity contribution in [2.75, 3.05) is 0 Å². The molecular weight excluding hydrogens is 187 g/mol. The van der Waals surface area contributed by atoms with Crippen molar-refractivity contribution < 1.29 is 14.3 Å². The fourth-order valence-corrected chi connectivity index (χ4v) is 0.887. The van der Waals surface area contributed by atoms with Crippen LogP contribution in [0.25, 0.3) is 0 Å². The number of carbonyl (C=O) groups is 1. The summed E-state index contributed by atoms with van der Waals surface area (Å²) in [6, 6.07) is 5.62. The molecule has 0 aliphatic rings. The zero-order valence-corrected chi connectivity index (χ0v) is 7.49. The quantitative estimate of drug-likeness (QED) is 0.559. The lowest BCUT2D eigenvalue weighted by molar-refractivity contribution is 0.195. The fraction of sp³-hybridized carbons (Fsp3) is 0.111. The fourth-order valence-electron chi connectivity index (χ4n) is 0.887. The highest BCUT2D eigenvalue weighted by Crippen LogP contribution is 2.03. The molecule has 0 radical (unpaired) electrons. The van der Waals surface area contributed by atoms with Gasteiger partial charge in [0.15, 0.2) is 0 Å². The van der Waals surface area contributed by atoms with Crippen molar-refractivity contribution in [3.05, 3.63) is 35.6 Å². The van der Waals surface area contributed by atoms with E-state index in [1.54, 1.807) is 6.92 Å². The number of amides is 1. The van der Waals surface area contributed by atoms with E-state index in [0.29, 0.717) is 11.3 Å². The number of nitrogens with one attached hydrogen (secondary N) is 1. The number of rotatable bonds is 2. The molecule has 2 N–H and O–H groups in total. The Morgan fingerprint density at radius 3 is 2.50 bits per heavy atom. The first kappa shape index (κ1) is 10.2. The molecule has 0 saturated heterocycles. The maximum Gasteiger partial charge on any atom is 0.425 e. The summed E-state index contributed by atoms with van der Waals surface area (Å²) in [7, 11) is 0. The van der Waals surface area contributed by atoms with E-state index in [0.717, 1.165) is 0 Å². The number of hydrazone groups is 1. The minimum atomic E-state index is -1.23. The maximum atomic E-state index is 12.5. The Morgan fingerprint density at radius 2 is 2.00 bits per heavy atom. The molecule has 1 rings (SSSR count). The molecule has 0 heterocycles. The van der Waals surface area contributed by atoms with Gasteiger partial charge < -0.3 is 5.11 Å². The van der Waals surface area contributed by atoms with E-state index in [-0.39, 0.29) is 5.82 Å². The Bertz CT molecular complexity index is 360. The molecule has 1 aromatic rings. The average Bonchev–Trinajstić information content (AvgIpc) is 2.15. The molecule has 0 spiro atoms. The van der Waals surface area contributed by atoms with Gasteiger partial charge in [-0.15, -0.1) is 0 Å². The highest BCUT2D eigenvalue weighted by molar-refractivity contribution is 5.98. The van der Waals surface area contributed by atoms with E-state index in [4.69, 9.17) is 5.11 Å². The van der Waals surface area contributed by atoms with Crippen LogP contribution in [0, 0.1) is 5.82 Å². The molecule has 1 amide bonds. The molecule has 0 bridgehead atoms. The third-order valence-corrected chi connectivity index (χ3v) is 1.58. The Kier molecular flexibility index (Phi) is 3.17. The van der Waals surface area contributed by atoms with Crippen LogP contribution in [0.15, 0.2) is 29.4 Å². The molecule has 1 aromatic carbocycles. The zero-order chi connectivity index (χ0) is 10.6. The first-order valence-corrected chi connectivity index (χ1v) is 3.89. The summed E-state index contributed by atoms with van der Waals surface area (Å²) in [4.78, 5) is 10.1. The normalized spacial score (nSPS) is 11.1. The van der Waals surface area contributed by atoms with Crippen LogP contribution in [0.3, 0.4) is 0 Å². The van der Waals surface area contributed by atoms with E-state index in [9.17, 15) is 9.18 Å². The third kappa shape index (κ3) is 2.85. The Morgan fingerprint density at radius 1 is 1.43 bits per heavy atom. The second kappa shape index (κ2) is 4.36. The van der Waals surface area contributed by atoms with Gasteiger partial charge in [0, 0.05) is 0 Å². The zero-order valence-electron chi connectivity index (χ0n) is 7.49. The molecule has 5 heteroatoms. The molecular formula is C9H9FN2O2. The molecule has 0 saturated carbocycles. The van der Waals surface area contributed by atoms with Crippen molar-refractivity contribution in [2.24, 2.45) is 5.10 Å². The lowest BCUT2D eigenvalue weighted by Gasteiger charge is -1.99. The smallest absolute Gasteiger partial charge is 0.425 e. The number of carboxylic acid groups (broad SMARTS) is 1. The summed E-state index contributed by atoms with van der Waals surface area (Å²) in [6.45, 7) is 1.63. The van der Waals surface area contributed by atoms with Crippen LogP contribution < -0.4 is 5.43 Å². The van der Waals surface area contributed by atoms with Crippen LogP contribution in [0.4, 0.5) is 9.18 Å². The van der Waals surface area contributed by atoms with E-state index >= 15 is 0 Å². The number of nitrogens with zero attached hydrogens (tertiary/aromatic N) is 1. The predicted octanol–water partition coefficient (Wildman–Crippen LogP) is 1.82. The summed E-state index contributed by atoms with van der Waals surface area (Å²) in [5.41, 5.74) is 3.02. The summed E-state index contributed by atoms with van der Waals surface area (Å²) in [5, 5.41) is 11.8. The molecule has 14 heavy (non-hydrogen) atoms. The molecule has 0 fully saturated rings. The molecule has 0 aromatic heterocycles. The monoisotopic (exact) mass is 196 g/mol. The van der Waals surface area contributed by atoms with Gasteiger partial charge in [-0.3, -0.25) is 0 Å². The lowest BCUT2D eigenvalue weighted by Crippen LogP contribution is -2.16. The molecule has 0 aliphatic carbocycles.